The Kier molecular flexibility index (Phi) is 9.80. The van der Waals surface area contributed by atoms with Gasteiger partial charge in [0, 0.05) is 0 Å². The van der Waals surface area contributed by atoms with E-state index >= 15 is 0 Å². The van der Waals surface area contributed by atoms with Gasteiger partial charge in [-0.2, -0.15) is 11.8 Å². The zero-order valence-electron chi connectivity index (χ0n) is 15.6. The SMILES string of the molecule is COC(=O)[C@@H](CCSC)NC(=O)[C@@H](NC(=O)OC(C)(C)C)C(C)C. The molecular weight excluding hydrogens is 332 g/mol. The van der Waals surface area contributed by atoms with E-state index in [1.165, 1.54) is 7.11 Å². The molecule has 2 amide bonds. The highest BCUT2D eigenvalue weighted by Crippen LogP contribution is 2.10. The summed E-state index contributed by atoms with van der Waals surface area (Å²) in [6, 6.07) is -1.54. The number of hydrogen-bond acceptors (Lipinski definition) is 6. The van der Waals surface area contributed by atoms with E-state index in [0.29, 0.717) is 12.2 Å². The summed E-state index contributed by atoms with van der Waals surface area (Å²) >= 11 is 1.57. The van der Waals surface area contributed by atoms with Gasteiger partial charge in [0.15, 0.2) is 0 Å². The monoisotopic (exact) mass is 362 g/mol. The number of methoxy groups -OCH3 is 1. The van der Waals surface area contributed by atoms with Crippen molar-refractivity contribution in [3.63, 3.8) is 0 Å². The predicted octanol–water partition coefficient (Wildman–Crippen LogP) is 1.95. The molecule has 0 spiro atoms. The van der Waals surface area contributed by atoms with Crippen LogP contribution in [0.4, 0.5) is 4.79 Å². The highest BCUT2D eigenvalue weighted by atomic mass is 32.2. The number of carbonyl (C=O) groups is 3. The van der Waals surface area contributed by atoms with E-state index in [2.05, 4.69) is 10.6 Å². The van der Waals surface area contributed by atoms with Crippen LogP contribution in [-0.4, -0.2) is 54.8 Å². The van der Waals surface area contributed by atoms with Crippen LogP contribution >= 0.6 is 11.8 Å². The summed E-state index contributed by atoms with van der Waals surface area (Å²) in [5, 5.41) is 5.22. The number of hydrogen-bond donors (Lipinski definition) is 2. The molecule has 24 heavy (non-hydrogen) atoms. The summed E-state index contributed by atoms with van der Waals surface area (Å²) in [6.45, 7) is 8.83. The van der Waals surface area contributed by atoms with Crippen LogP contribution in [0.15, 0.2) is 0 Å². The molecule has 0 aromatic carbocycles. The largest absolute Gasteiger partial charge is 0.467 e. The zero-order chi connectivity index (χ0) is 18.9. The molecular formula is C16H30N2O5S. The summed E-state index contributed by atoms with van der Waals surface area (Å²) in [6.07, 6.45) is 1.70. The van der Waals surface area contributed by atoms with Crippen molar-refractivity contribution in [1.29, 1.82) is 0 Å². The van der Waals surface area contributed by atoms with Crippen LogP contribution in [0.2, 0.25) is 0 Å². The molecule has 0 unspecified atom stereocenters. The van der Waals surface area contributed by atoms with E-state index in [1.807, 2.05) is 6.26 Å². The molecule has 0 bridgehead atoms. The third kappa shape index (κ3) is 9.00. The molecule has 0 aromatic heterocycles. The van der Waals surface area contributed by atoms with Crippen molar-refractivity contribution in [2.45, 2.75) is 58.7 Å². The van der Waals surface area contributed by atoms with Gasteiger partial charge in [-0.1, -0.05) is 13.8 Å². The lowest BCUT2D eigenvalue weighted by Gasteiger charge is -2.26. The average Bonchev–Trinajstić information content (AvgIpc) is 2.45. The number of alkyl carbamates (subject to hydrolysis) is 1. The Morgan fingerprint density at radius 2 is 1.71 bits per heavy atom. The van der Waals surface area contributed by atoms with Gasteiger partial charge in [-0.05, 0) is 45.1 Å². The second kappa shape index (κ2) is 10.4. The predicted molar refractivity (Wildman–Crippen MR) is 94.9 cm³/mol. The fraction of sp³-hybridized carbons (Fsp3) is 0.812. The summed E-state index contributed by atoms with van der Waals surface area (Å²) in [7, 11) is 1.28. The minimum atomic E-state index is -0.804. The van der Waals surface area contributed by atoms with Crippen LogP contribution in [0.25, 0.3) is 0 Å². The van der Waals surface area contributed by atoms with Gasteiger partial charge in [-0.3, -0.25) is 4.79 Å². The Hall–Kier alpha value is -1.44. The summed E-state index contributed by atoms with van der Waals surface area (Å²) in [5.41, 5.74) is -0.658. The van der Waals surface area contributed by atoms with Gasteiger partial charge in [-0.25, -0.2) is 9.59 Å². The van der Waals surface area contributed by atoms with Crippen LogP contribution in [-0.2, 0) is 19.1 Å². The number of esters is 1. The van der Waals surface area contributed by atoms with Crippen LogP contribution < -0.4 is 10.6 Å². The number of carbonyl (C=O) groups excluding carboxylic acids is 3. The van der Waals surface area contributed by atoms with E-state index in [9.17, 15) is 14.4 Å². The number of nitrogens with one attached hydrogen (secondary N) is 2. The molecule has 7 nitrogen and oxygen atoms in total. The number of thioether (sulfide) groups is 1. The average molecular weight is 362 g/mol. The van der Waals surface area contributed by atoms with Gasteiger partial charge in [0.1, 0.15) is 17.7 Å². The summed E-state index contributed by atoms with van der Waals surface area (Å²) in [4.78, 5) is 36.2. The standard InChI is InChI=1S/C16H30N2O5S/c1-10(2)12(18-15(21)23-16(3,4)5)13(19)17-11(8-9-24-7)14(20)22-6/h10-12H,8-9H2,1-7H3,(H,17,19)(H,18,21)/t11-,12+/m1/s1. The molecule has 0 aliphatic rings. The lowest BCUT2D eigenvalue weighted by Crippen LogP contribution is -2.54. The van der Waals surface area contributed by atoms with Gasteiger partial charge in [0.05, 0.1) is 7.11 Å². The Bertz CT molecular complexity index is 435. The van der Waals surface area contributed by atoms with Crippen molar-refractivity contribution in [2.24, 2.45) is 5.92 Å². The lowest BCUT2D eigenvalue weighted by molar-refractivity contribution is -0.145. The molecule has 0 aliphatic heterocycles. The van der Waals surface area contributed by atoms with Crippen molar-refractivity contribution >= 4 is 29.7 Å². The van der Waals surface area contributed by atoms with Crippen molar-refractivity contribution < 1.29 is 23.9 Å². The molecule has 2 N–H and O–H groups in total. The Morgan fingerprint density at radius 1 is 1.12 bits per heavy atom. The molecule has 0 saturated carbocycles. The summed E-state index contributed by atoms with van der Waals surface area (Å²) < 4.78 is 9.90. The maximum absolute atomic E-state index is 12.5. The quantitative estimate of drug-likeness (QED) is 0.641. The van der Waals surface area contributed by atoms with E-state index in [0.717, 1.165) is 0 Å². The Morgan fingerprint density at radius 3 is 2.12 bits per heavy atom. The van der Waals surface area contributed by atoms with Gasteiger partial charge in [-0.15, -0.1) is 0 Å². The zero-order valence-corrected chi connectivity index (χ0v) is 16.4. The van der Waals surface area contributed by atoms with E-state index in [-0.39, 0.29) is 5.92 Å². The maximum Gasteiger partial charge on any atom is 0.408 e. The highest BCUT2D eigenvalue weighted by molar-refractivity contribution is 7.98. The van der Waals surface area contributed by atoms with E-state index in [4.69, 9.17) is 9.47 Å². The minimum Gasteiger partial charge on any atom is -0.467 e. The van der Waals surface area contributed by atoms with Gasteiger partial charge < -0.3 is 20.1 Å². The topological polar surface area (TPSA) is 93.7 Å². The van der Waals surface area contributed by atoms with Gasteiger partial charge in [0.2, 0.25) is 5.91 Å². The minimum absolute atomic E-state index is 0.170. The third-order valence-corrected chi connectivity index (χ3v) is 3.68. The van der Waals surface area contributed by atoms with Crippen molar-refractivity contribution in [3.05, 3.63) is 0 Å². The Balaban J connectivity index is 4.93. The maximum atomic E-state index is 12.5. The fourth-order valence-corrected chi connectivity index (χ4v) is 2.33. The molecule has 0 saturated heterocycles. The highest BCUT2D eigenvalue weighted by Gasteiger charge is 2.30. The molecule has 0 heterocycles. The molecule has 0 rings (SSSR count). The van der Waals surface area contributed by atoms with E-state index < -0.39 is 35.7 Å². The normalized spacial score (nSPS) is 13.8. The van der Waals surface area contributed by atoms with Crippen molar-refractivity contribution in [3.8, 4) is 0 Å². The fourth-order valence-electron chi connectivity index (χ4n) is 1.86. The smallest absolute Gasteiger partial charge is 0.408 e. The first-order chi connectivity index (χ1) is 11.0. The molecule has 140 valence electrons. The first-order valence-electron chi connectivity index (χ1n) is 7.88. The second-order valence-corrected chi connectivity index (χ2v) is 7.72. The number of ether oxygens (including phenoxy) is 2. The summed E-state index contributed by atoms with van der Waals surface area (Å²) in [5.74, 6) is -0.410. The van der Waals surface area contributed by atoms with Gasteiger partial charge in [0.25, 0.3) is 0 Å². The first kappa shape index (κ1) is 22.6. The van der Waals surface area contributed by atoms with Gasteiger partial charge >= 0.3 is 12.1 Å². The molecule has 0 aliphatic carbocycles. The van der Waals surface area contributed by atoms with Crippen LogP contribution in [0.5, 0.6) is 0 Å². The van der Waals surface area contributed by atoms with E-state index in [1.54, 1.807) is 46.4 Å². The van der Waals surface area contributed by atoms with Crippen LogP contribution in [0, 0.1) is 5.92 Å². The third-order valence-electron chi connectivity index (χ3n) is 3.03. The Labute approximate surface area is 148 Å². The second-order valence-electron chi connectivity index (χ2n) is 6.73. The number of amides is 2. The number of rotatable bonds is 8. The molecule has 2 atom stereocenters. The van der Waals surface area contributed by atoms with Crippen LogP contribution in [0.3, 0.4) is 0 Å². The molecule has 8 heteroatoms. The van der Waals surface area contributed by atoms with Crippen molar-refractivity contribution in [1.82, 2.24) is 10.6 Å². The molecule has 0 fully saturated rings. The lowest BCUT2D eigenvalue weighted by atomic mass is 10.0. The molecule has 0 radical (unpaired) electrons. The molecule has 0 aromatic rings. The van der Waals surface area contributed by atoms with Crippen LogP contribution in [0.1, 0.15) is 41.0 Å². The van der Waals surface area contributed by atoms with Crippen molar-refractivity contribution in [2.75, 3.05) is 19.1 Å². The first-order valence-corrected chi connectivity index (χ1v) is 9.27.